The van der Waals surface area contributed by atoms with Crippen LogP contribution >= 0.6 is 0 Å². The van der Waals surface area contributed by atoms with Crippen molar-refractivity contribution < 1.29 is 22.7 Å². The average Bonchev–Trinajstić information content (AvgIpc) is 2.62. The van der Waals surface area contributed by atoms with Gasteiger partial charge in [-0.15, -0.1) is 0 Å². The Labute approximate surface area is 162 Å². The number of halogens is 3. The first kappa shape index (κ1) is 19.8. The SMILES string of the molecule is COc1cc(F)ccc1-c1nc(Nc2cc(F)cc(CS(C)=[NH2+])c2)ncc1F. The van der Waals surface area contributed by atoms with E-state index in [-0.39, 0.29) is 33.6 Å². The highest BCUT2D eigenvalue weighted by Gasteiger charge is 2.15. The van der Waals surface area contributed by atoms with E-state index >= 15 is 0 Å². The summed E-state index contributed by atoms with van der Waals surface area (Å²) < 4.78 is 52.5. The number of hydrogen-bond donors (Lipinski definition) is 2. The zero-order valence-electron chi connectivity index (χ0n) is 15.2. The highest BCUT2D eigenvalue weighted by Crippen LogP contribution is 2.31. The molecule has 3 aromatic rings. The van der Waals surface area contributed by atoms with Gasteiger partial charge >= 0.3 is 0 Å². The molecular weight excluding hydrogens is 389 g/mol. The van der Waals surface area contributed by atoms with E-state index < -0.39 is 17.5 Å². The molecule has 0 aliphatic heterocycles. The molecule has 0 saturated carbocycles. The number of aromatic nitrogens is 2. The smallest absolute Gasteiger partial charge is 0.227 e. The largest absolute Gasteiger partial charge is 0.496 e. The zero-order chi connectivity index (χ0) is 20.3. The van der Waals surface area contributed by atoms with Gasteiger partial charge in [-0.3, -0.25) is 0 Å². The molecular formula is C19H18F3N4OS+. The maximum Gasteiger partial charge on any atom is 0.227 e. The molecule has 5 nitrogen and oxygen atoms in total. The highest BCUT2D eigenvalue weighted by atomic mass is 32.2. The lowest BCUT2D eigenvalue weighted by Crippen LogP contribution is -2.34. The second-order valence-corrected chi connectivity index (χ2v) is 7.71. The summed E-state index contributed by atoms with van der Waals surface area (Å²) in [7, 11) is 0.964. The first-order valence-electron chi connectivity index (χ1n) is 8.15. The molecule has 2 aromatic carbocycles. The van der Waals surface area contributed by atoms with Crippen LogP contribution in [0.4, 0.5) is 24.8 Å². The van der Waals surface area contributed by atoms with Crippen molar-refractivity contribution in [2.24, 2.45) is 0 Å². The minimum atomic E-state index is -0.700. The lowest BCUT2D eigenvalue weighted by molar-refractivity contribution is -0.0751. The molecule has 3 N–H and O–H groups in total. The van der Waals surface area contributed by atoms with Crippen LogP contribution in [-0.4, -0.2) is 23.3 Å². The van der Waals surface area contributed by atoms with Crippen molar-refractivity contribution >= 4 is 22.3 Å². The summed E-state index contributed by atoms with van der Waals surface area (Å²) in [6.07, 6.45) is 2.83. The van der Waals surface area contributed by atoms with Crippen LogP contribution in [0.5, 0.6) is 5.75 Å². The molecule has 0 amide bonds. The Balaban J connectivity index is 1.97. The molecule has 9 heteroatoms. The molecule has 0 radical (unpaired) electrons. The number of hydrogen-bond acceptors (Lipinski definition) is 4. The molecule has 1 heterocycles. The summed E-state index contributed by atoms with van der Waals surface area (Å²) in [5.74, 6) is -0.941. The van der Waals surface area contributed by atoms with Crippen LogP contribution < -0.4 is 14.8 Å². The number of anilines is 2. The minimum absolute atomic E-state index is 0.0579. The van der Waals surface area contributed by atoms with E-state index in [1.807, 2.05) is 6.26 Å². The lowest BCUT2D eigenvalue weighted by Gasteiger charge is -2.11. The zero-order valence-corrected chi connectivity index (χ0v) is 16.0. The number of nitrogens with one attached hydrogen (secondary N) is 1. The van der Waals surface area contributed by atoms with Crippen molar-refractivity contribution in [2.75, 3.05) is 18.7 Å². The number of ether oxygens (including phenoxy) is 1. The van der Waals surface area contributed by atoms with Gasteiger partial charge in [-0.05, 0) is 35.9 Å². The third-order valence-corrected chi connectivity index (χ3v) is 4.56. The monoisotopic (exact) mass is 407 g/mol. The Morgan fingerprint density at radius 3 is 2.61 bits per heavy atom. The first-order chi connectivity index (χ1) is 13.4. The van der Waals surface area contributed by atoms with Gasteiger partial charge in [0.05, 0.1) is 19.1 Å². The van der Waals surface area contributed by atoms with E-state index in [2.05, 4.69) is 15.3 Å². The van der Waals surface area contributed by atoms with Crippen molar-refractivity contribution in [1.82, 2.24) is 9.97 Å². The number of rotatable bonds is 6. The van der Waals surface area contributed by atoms with E-state index in [0.717, 1.165) is 17.8 Å². The average molecular weight is 407 g/mol. The van der Waals surface area contributed by atoms with E-state index in [4.69, 9.17) is 9.52 Å². The quantitative estimate of drug-likeness (QED) is 0.659. The Hall–Kier alpha value is -2.94. The summed E-state index contributed by atoms with van der Waals surface area (Å²) in [6, 6.07) is 8.09. The van der Waals surface area contributed by atoms with Crippen LogP contribution in [0.3, 0.4) is 0 Å². The van der Waals surface area contributed by atoms with Crippen molar-refractivity contribution in [3.8, 4) is 17.0 Å². The van der Waals surface area contributed by atoms with Crippen molar-refractivity contribution in [3.63, 3.8) is 0 Å². The standard InChI is InChI=1S/C19H17F3N4OS/c1-27-17-8-12(20)3-4-15(17)18-16(22)9-24-19(26-18)25-14-6-11(10-28(2)23)5-13(21)7-14/h3-9,23H,10H2,1-2H3,(H,24,25,26)/p+1. The highest BCUT2D eigenvalue weighted by molar-refractivity contribution is 7.82. The fourth-order valence-electron chi connectivity index (χ4n) is 2.67. The van der Waals surface area contributed by atoms with Gasteiger partial charge in [-0.25, -0.2) is 27.9 Å². The van der Waals surface area contributed by atoms with Gasteiger partial charge in [-0.1, -0.05) is 0 Å². The fourth-order valence-corrected chi connectivity index (χ4v) is 3.37. The van der Waals surface area contributed by atoms with E-state index in [0.29, 0.717) is 11.4 Å². The second-order valence-electron chi connectivity index (χ2n) is 6.04. The van der Waals surface area contributed by atoms with Crippen LogP contribution in [0.2, 0.25) is 0 Å². The van der Waals surface area contributed by atoms with Crippen molar-refractivity contribution in [2.45, 2.75) is 5.75 Å². The van der Waals surface area contributed by atoms with E-state index in [1.54, 1.807) is 6.07 Å². The molecule has 0 fully saturated rings. The third kappa shape index (κ3) is 4.66. The van der Waals surface area contributed by atoms with Gasteiger partial charge in [0.15, 0.2) is 5.82 Å². The summed E-state index contributed by atoms with van der Waals surface area (Å²) in [6.45, 7) is 0. The van der Waals surface area contributed by atoms with E-state index in [9.17, 15) is 13.2 Å². The molecule has 1 unspecified atom stereocenters. The second kappa shape index (κ2) is 8.39. The third-order valence-electron chi connectivity index (χ3n) is 3.77. The molecule has 0 saturated heterocycles. The van der Waals surface area contributed by atoms with E-state index in [1.165, 1.54) is 31.4 Å². The molecule has 0 spiro atoms. The molecule has 146 valence electrons. The Kier molecular flexibility index (Phi) is 5.93. The molecule has 0 bridgehead atoms. The van der Waals surface area contributed by atoms with Crippen molar-refractivity contribution in [3.05, 3.63) is 65.6 Å². The summed E-state index contributed by atoms with van der Waals surface area (Å²) in [5, 5.41) is 2.86. The number of nitrogens with zero attached hydrogens (tertiary/aromatic N) is 2. The Morgan fingerprint density at radius 2 is 1.89 bits per heavy atom. The van der Waals surface area contributed by atoms with Gasteiger partial charge < -0.3 is 10.1 Å². The minimum Gasteiger partial charge on any atom is -0.496 e. The lowest BCUT2D eigenvalue weighted by atomic mass is 10.1. The molecule has 28 heavy (non-hydrogen) atoms. The van der Waals surface area contributed by atoms with Gasteiger partial charge in [0, 0.05) is 34.3 Å². The topological polar surface area (TPSA) is 72.6 Å². The van der Waals surface area contributed by atoms with Gasteiger partial charge in [0.25, 0.3) is 0 Å². The van der Waals surface area contributed by atoms with Crippen LogP contribution in [0, 0.1) is 17.5 Å². The van der Waals surface area contributed by atoms with Crippen molar-refractivity contribution in [1.29, 1.82) is 0 Å². The molecule has 0 aliphatic rings. The molecule has 1 atom stereocenters. The number of methoxy groups -OCH3 is 1. The van der Waals surface area contributed by atoms with Crippen LogP contribution in [-0.2, 0) is 16.4 Å². The van der Waals surface area contributed by atoms with Crippen LogP contribution in [0.15, 0.2) is 42.6 Å². The maximum atomic E-state index is 14.3. The van der Waals surface area contributed by atoms with Gasteiger partial charge in [0.1, 0.15) is 23.1 Å². The predicted octanol–water partition coefficient (Wildman–Crippen LogP) is 3.00. The number of benzene rings is 2. The normalized spacial score (nSPS) is 11.9. The Morgan fingerprint density at radius 1 is 1.11 bits per heavy atom. The number of nitrogens with two attached hydrogens (primary N) is 1. The first-order valence-corrected chi connectivity index (χ1v) is 10.0. The molecule has 3 rings (SSSR count). The van der Waals surface area contributed by atoms with Crippen LogP contribution in [0.25, 0.3) is 11.3 Å². The predicted molar refractivity (Wildman–Crippen MR) is 103 cm³/mol. The Bertz CT molecular complexity index is 1050. The summed E-state index contributed by atoms with van der Waals surface area (Å²) in [4.78, 5) is 8.05. The fraction of sp³-hybridized carbons (Fsp3) is 0.158. The van der Waals surface area contributed by atoms with Gasteiger partial charge in [0.2, 0.25) is 5.95 Å². The van der Waals surface area contributed by atoms with Crippen LogP contribution in [0.1, 0.15) is 5.56 Å². The summed E-state index contributed by atoms with van der Waals surface area (Å²) in [5.41, 5.74) is 1.33. The molecule has 1 aromatic heterocycles. The maximum absolute atomic E-state index is 14.3. The van der Waals surface area contributed by atoms with Gasteiger partial charge in [-0.2, -0.15) is 0 Å². The summed E-state index contributed by atoms with van der Waals surface area (Å²) >= 11 is 0. The molecule has 0 aliphatic carbocycles.